The molecular formula is C24H26FN3O2. The number of halogens is 1. The number of aliphatic carboxylic acids is 1. The molecule has 1 aliphatic rings. The number of fused-ring (bicyclic) bond motifs is 1. The molecular weight excluding hydrogens is 381 g/mol. The van der Waals surface area contributed by atoms with Gasteiger partial charge in [0, 0.05) is 25.1 Å². The summed E-state index contributed by atoms with van der Waals surface area (Å²) in [5, 5.41) is 8.80. The molecule has 5 nitrogen and oxygen atoms in total. The maximum absolute atomic E-state index is 13.4. The third kappa shape index (κ3) is 4.75. The number of hydrogen-bond acceptors (Lipinski definition) is 4. The Balaban J connectivity index is 1.68. The van der Waals surface area contributed by atoms with Crippen molar-refractivity contribution in [1.29, 1.82) is 0 Å². The van der Waals surface area contributed by atoms with Crippen LogP contribution in [0.3, 0.4) is 0 Å². The average molecular weight is 407 g/mol. The Morgan fingerprint density at radius 2 is 1.73 bits per heavy atom. The van der Waals surface area contributed by atoms with Crippen molar-refractivity contribution in [1.82, 2.24) is 9.97 Å². The van der Waals surface area contributed by atoms with Crippen molar-refractivity contribution in [3.8, 4) is 11.3 Å². The zero-order valence-corrected chi connectivity index (χ0v) is 17.0. The van der Waals surface area contributed by atoms with Gasteiger partial charge in [0.05, 0.1) is 11.0 Å². The Hall–Kier alpha value is -3.02. The number of benzene rings is 2. The lowest BCUT2D eigenvalue weighted by Gasteiger charge is -2.29. The molecule has 1 aromatic heterocycles. The van der Waals surface area contributed by atoms with E-state index >= 15 is 0 Å². The van der Waals surface area contributed by atoms with E-state index in [4.69, 9.17) is 15.1 Å². The van der Waals surface area contributed by atoms with Crippen LogP contribution in [0.25, 0.3) is 22.3 Å². The number of anilines is 1. The zero-order chi connectivity index (χ0) is 20.9. The van der Waals surface area contributed by atoms with Gasteiger partial charge in [-0.15, -0.1) is 0 Å². The largest absolute Gasteiger partial charge is 0.481 e. The van der Waals surface area contributed by atoms with Gasteiger partial charge in [-0.1, -0.05) is 6.07 Å². The molecule has 1 fully saturated rings. The Kier molecular flexibility index (Phi) is 6.21. The van der Waals surface area contributed by atoms with Crippen LogP contribution in [0.4, 0.5) is 10.2 Å². The van der Waals surface area contributed by atoms with E-state index in [0.717, 1.165) is 72.4 Å². The van der Waals surface area contributed by atoms with Crippen molar-refractivity contribution in [3.63, 3.8) is 0 Å². The first-order valence-electron chi connectivity index (χ1n) is 10.6. The van der Waals surface area contributed by atoms with E-state index in [1.807, 2.05) is 12.1 Å². The normalized spacial score (nSPS) is 14.2. The highest BCUT2D eigenvalue weighted by molar-refractivity contribution is 5.84. The van der Waals surface area contributed by atoms with Crippen molar-refractivity contribution in [3.05, 3.63) is 53.8 Å². The molecule has 0 bridgehead atoms. The van der Waals surface area contributed by atoms with Crippen LogP contribution in [0.5, 0.6) is 0 Å². The molecule has 156 valence electrons. The number of unbranched alkanes of at least 4 members (excludes halogenated alkanes) is 1. The fraction of sp³-hybridized carbons (Fsp3) is 0.375. The predicted molar refractivity (Wildman–Crippen MR) is 116 cm³/mol. The fourth-order valence-corrected chi connectivity index (χ4v) is 3.98. The second kappa shape index (κ2) is 9.20. The molecule has 0 unspecified atom stereocenters. The van der Waals surface area contributed by atoms with E-state index in [9.17, 15) is 9.18 Å². The van der Waals surface area contributed by atoms with Crippen LogP contribution in [-0.2, 0) is 11.2 Å². The van der Waals surface area contributed by atoms with Crippen molar-refractivity contribution in [2.75, 3.05) is 18.0 Å². The van der Waals surface area contributed by atoms with Gasteiger partial charge in [0.1, 0.15) is 11.5 Å². The maximum atomic E-state index is 13.4. The average Bonchev–Trinajstić information content (AvgIpc) is 2.77. The number of carboxylic acid groups (broad SMARTS) is 1. The molecule has 0 atom stereocenters. The number of carbonyl (C=O) groups is 1. The molecule has 1 aliphatic heterocycles. The van der Waals surface area contributed by atoms with Crippen LogP contribution in [0.15, 0.2) is 42.5 Å². The summed E-state index contributed by atoms with van der Waals surface area (Å²) in [6.07, 6.45) is 6.01. The second-order valence-corrected chi connectivity index (χ2v) is 7.87. The molecule has 1 N–H and O–H groups in total. The number of aryl methyl sites for hydroxylation is 1. The molecule has 0 spiro atoms. The second-order valence-electron chi connectivity index (χ2n) is 7.87. The summed E-state index contributed by atoms with van der Waals surface area (Å²) >= 11 is 0. The molecule has 4 rings (SSSR count). The van der Waals surface area contributed by atoms with Gasteiger partial charge in [0.15, 0.2) is 5.82 Å². The molecule has 30 heavy (non-hydrogen) atoms. The minimum absolute atomic E-state index is 0.202. The van der Waals surface area contributed by atoms with Crippen LogP contribution < -0.4 is 4.90 Å². The molecule has 1 saturated heterocycles. The number of nitrogens with zero attached hydrogens (tertiary/aromatic N) is 3. The lowest BCUT2D eigenvalue weighted by atomic mass is 10.1. The van der Waals surface area contributed by atoms with Gasteiger partial charge in [0.25, 0.3) is 0 Å². The molecule has 0 aliphatic carbocycles. The Bertz CT molecular complexity index is 1030. The molecule has 3 aromatic rings. The Morgan fingerprint density at radius 3 is 2.47 bits per heavy atom. The monoisotopic (exact) mass is 407 g/mol. The lowest BCUT2D eigenvalue weighted by molar-refractivity contribution is -0.137. The number of carboxylic acids is 1. The molecule has 6 heteroatoms. The van der Waals surface area contributed by atoms with E-state index in [0.29, 0.717) is 6.42 Å². The standard InChI is InChI=1S/C24H26FN3O2/c25-19-11-9-18(10-12-19)23-24(28-14-4-1-5-15-28)27-21-16-17(8-13-20(21)26-23)6-2-3-7-22(29)30/h8-13,16H,1-7,14-15H2,(H,29,30). The molecule has 2 heterocycles. The summed E-state index contributed by atoms with van der Waals surface area (Å²) in [5.74, 6) is -0.157. The minimum atomic E-state index is -0.751. The molecule has 0 saturated carbocycles. The van der Waals surface area contributed by atoms with E-state index in [2.05, 4.69) is 11.0 Å². The molecule has 0 radical (unpaired) electrons. The summed E-state index contributed by atoms with van der Waals surface area (Å²) in [5.41, 5.74) is 4.45. The van der Waals surface area contributed by atoms with E-state index in [-0.39, 0.29) is 12.2 Å². The van der Waals surface area contributed by atoms with E-state index in [1.54, 1.807) is 12.1 Å². The first kappa shape index (κ1) is 20.3. The summed E-state index contributed by atoms with van der Waals surface area (Å²) in [7, 11) is 0. The van der Waals surface area contributed by atoms with Crippen LogP contribution in [0.2, 0.25) is 0 Å². The first-order chi connectivity index (χ1) is 14.6. The van der Waals surface area contributed by atoms with Gasteiger partial charge in [0.2, 0.25) is 0 Å². The fourth-order valence-electron chi connectivity index (χ4n) is 3.98. The zero-order valence-electron chi connectivity index (χ0n) is 17.0. The number of rotatable bonds is 7. The van der Waals surface area contributed by atoms with Gasteiger partial charge < -0.3 is 10.0 Å². The van der Waals surface area contributed by atoms with Gasteiger partial charge in [-0.3, -0.25) is 4.79 Å². The van der Waals surface area contributed by atoms with Crippen LogP contribution in [0, 0.1) is 5.82 Å². The predicted octanol–water partition coefficient (Wildman–Crippen LogP) is 5.22. The minimum Gasteiger partial charge on any atom is -0.481 e. The third-order valence-electron chi connectivity index (χ3n) is 5.59. The van der Waals surface area contributed by atoms with E-state index < -0.39 is 5.97 Å². The summed E-state index contributed by atoms with van der Waals surface area (Å²) < 4.78 is 13.4. The Labute approximate surface area is 175 Å². The smallest absolute Gasteiger partial charge is 0.303 e. The first-order valence-corrected chi connectivity index (χ1v) is 10.6. The lowest BCUT2D eigenvalue weighted by Crippen LogP contribution is -2.31. The molecule has 2 aromatic carbocycles. The highest BCUT2D eigenvalue weighted by atomic mass is 19.1. The third-order valence-corrected chi connectivity index (χ3v) is 5.59. The SMILES string of the molecule is O=C(O)CCCCc1ccc2nc(-c3ccc(F)cc3)c(N3CCCCC3)nc2c1. The van der Waals surface area contributed by atoms with Gasteiger partial charge in [-0.05, 0) is 80.5 Å². The number of hydrogen-bond donors (Lipinski definition) is 1. The van der Waals surface area contributed by atoms with Crippen LogP contribution in [-0.4, -0.2) is 34.1 Å². The number of aromatic nitrogens is 2. The van der Waals surface area contributed by atoms with Gasteiger partial charge in [-0.25, -0.2) is 14.4 Å². The van der Waals surface area contributed by atoms with Crippen molar-refractivity contribution in [2.45, 2.75) is 44.9 Å². The van der Waals surface area contributed by atoms with Crippen LogP contribution in [0.1, 0.15) is 44.1 Å². The summed E-state index contributed by atoms with van der Waals surface area (Å²) in [6, 6.07) is 12.5. The summed E-state index contributed by atoms with van der Waals surface area (Å²) in [6.45, 7) is 1.90. The summed E-state index contributed by atoms with van der Waals surface area (Å²) in [4.78, 5) is 22.9. The number of piperidine rings is 1. The highest BCUT2D eigenvalue weighted by Gasteiger charge is 2.19. The van der Waals surface area contributed by atoms with E-state index in [1.165, 1.54) is 18.6 Å². The Morgan fingerprint density at radius 1 is 0.967 bits per heavy atom. The topological polar surface area (TPSA) is 66.3 Å². The van der Waals surface area contributed by atoms with Crippen molar-refractivity contribution >= 4 is 22.8 Å². The van der Waals surface area contributed by atoms with Crippen LogP contribution >= 0.6 is 0 Å². The van der Waals surface area contributed by atoms with Crippen molar-refractivity contribution in [2.24, 2.45) is 0 Å². The molecule has 0 amide bonds. The quantitative estimate of drug-likeness (QED) is 0.544. The van der Waals surface area contributed by atoms with Crippen molar-refractivity contribution < 1.29 is 14.3 Å². The van der Waals surface area contributed by atoms with Gasteiger partial charge in [-0.2, -0.15) is 0 Å². The highest BCUT2D eigenvalue weighted by Crippen LogP contribution is 2.32. The maximum Gasteiger partial charge on any atom is 0.303 e. The van der Waals surface area contributed by atoms with Gasteiger partial charge >= 0.3 is 5.97 Å².